The SMILES string of the molecule is C=CC(CC(=C)CC(C/C=C/COC(C)=O)(S(=O)(=O)c1ccccc1)S(=O)(=O)c1ccccc1)OCc1ccc(OC)cc1. The Morgan fingerprint density at radius 1 is 0.864 bits per heavy atom. The third-order valence-corrected chi connectivity index (χ3v) is 12.6. The fourth-order valence-electron chi connectivity index (χ4n) is 4.62. The summed E-state index contributed by atoms with van der Waals surface area (Å²) in [4.78, 5) is 11.0. The Labute approximate surface area is 260 Å². The molecule has 0 heterocycles. The van der Waals surface area contributed by atoms with E-state index in [1.54, 1.807) is 49.6 Å². The molecule has 1 unspecified atom stereocenters. The van der Waals surface area contributed by atoms with Crippen LogP contribution in [0.4, 0.5) is 0 Å². The van der Waals surface area contributed by atoms with Gasteiger partial charge in [0, 0.05) is 19.8 Å². The summed E-state index contributed by atoms with van der Waals surface area (Å²) in [5, 5.41) is 0. The van der Waals surface area contributed by atoms with Gasteiger partial charge in [-0.1, -0.05) is 78.9 Å². The molecule has 0 bridgehead atoms. The predicted octanol–water partition coefficient (Wildman–Crippen LogP) is 6.26. The lowest BCUT2D eigenvalue weighted by Gasteiger charge is -2.33. The number of carbonyl (C=O) groups excluding carboxylic acids is 1. The molecule has 0 radical (unpaired) electrons. The van der Waals surface area contributed by atoms with Crippen molar-refractivity contribution in [3.8, 4) is 5.75 Å². The van der Waals surface area contributed by atoms with Gasteiger partial charge in [-0.25, -0.2) is 16.8 Å². The van der Waals surface area contributed by atoms with Crippen molar-refractivity contribution in [1.29, 1.82) is 0 Å². The van der Waals surface area contributed by atoms with Gasteiger partial charge in [0.2, 0.25) is 0 Å². The number of esters is 1. The summed E-state index contributed by atoms with van der Waals surface area (Å²) in [6.07, 6.45) is 3.15. The van der Waals surface area contributed by atoms with E-state index in [1.807, 2.05) is 24.3 Å². The molecule has 3 rings (SSSR count). The van der Waals surface area contributed by atoms with E-state index in [0.29, 0.717) is 11.3 Å². The topological polar surface area (TPSA) is 113 Å². The van der Waals surface area contributed by atoms with E-state index < -0.39 is 48.7 Å². The maximum absolute atomic E-state index is 14.5. The van der Waals surface area contributed by atoms with Crippen LogP contribution in [0.15, 0.2) is 132 Å². The predicted molar refractivity (Wildman–Crippen MR) is 171 cm³/mol. The normalized spacial score (nSPS) is 12.9. The zero-order valence-electron chi connectivity index (χ0n) is 24.9. The molecule has 0 aliphatic heterocycles. The lowest BCUT2D eigenvalue weighted by atomic mass is 10.0. The van der Waals surface area contributed by atoms with E-state index in [-0.39, 0.29) is 29.4 Å². The van der Waals surface area contributed by atoms with Crippen molar-refractivity contribution in [2.24, 2.45) is 0 Å². The van der Waals surface area contributed by atoms with E-state index in [9.17, 15) is 21.6 Å². The summed E-state index contributed by atoms with van der Waals surface area (Å²) in [5.41, 5.74) is 1.23. The Bertz CT molecular complexity index is 1580. The van der Waals surface area contributed by atoms with Crippen molar-refractivity contribution in [2.45, 2.75) is 52.8 Å². The molecule has 8 nitrogen and oxygen atoms in total. The minimum atomic E-state index is -4.56. The Morgan fingerprint density at radius 3 is 1.89 bits per heavy atom. The number of methoxy groups -OCH3 is 1. The molecule has 10 heteroatoms. The van der Waals surface area contributed by atoms with Crippen LogP contribution in [0, 0.1) is 0 Å². The molecule has 1 atom stereocenters. The first-order valence-electron chi connectivity index (χ1n) is 13.9. The van der Waals surface area contributed by atoms with Crippen LogP contribution in [0.2, 0.25) is 0 Å². The van der Waals surface area contributed by atoms with Gasteiger partial charge in [0.1, 0.15) is 12.4 Å². The molecule has 44 heavy (non-hydrogen) atoms. The summed E-state index contributed by atoms with van der Waals surface area (Å²) < 4.78 is 71.8. The molecule has 0 aliphatic carbocycles. The van der Waals surface area contributed by atoms with Crippen molar-refractivity contribution in [3.63, 3.8) is 0 Å². The molecule has 0 aliphatic rings. The van der Waals surface area contributed by atoms with E-state index in [1.165, 1.54) is 43.3 Å². The van der Waals surface area contributed by atoms with Crippen LogP contribution in [0.3, 0.4) is 0 Å². The van der Waals surface area contributed by atoms with Crippen molar-refractivity contribution in [3.05, 3.63) is 127 Å². The Hall–Kier alpha value is -3.99. The van der Waals surface area contributed by atoms with Gasteiger partial charge in [0.25, 0.3) is 0 Å². The van der Waals surface area contributed by atoms with Crippen molar-refractivity contribution in [2.75, 3.05) is 13.7 Å². The first-order valence-corrected chi connectivity index (χ1v) is 16.8. The van der Waals surface area contributed by atoms with Crippen molar-refractivity contribution in [1.82, 2.24) is 0 Å². The largest absolute Gasteiger partial charge is 0.497 e. The molecule has 0 spiro atoms. The molecule has 0 amide bonds. The lowest BCUT2D eigenvalue weighted by molar-refractivity contribution is -0.139. The van der Waals surface area contributed by atoms with Gasteiger partial charge < -0.3 is 14.2 Å². The van der Waals surface area contributed by atoms with Crippen LogP contribution in [0.5, 0.6) is 5.75 Å². The van der Waals surface area contributed by atoms with Gasteiger partial charge in [-0.15, -0.1) is 6.58 Å². The van der Waals surface area contributed by atoms with Gasteiger partial charge >= 0.3 is 5.97 Å². The highest BCUT2D eigenvalue weighted by Crippen LogP contribution is 2.44. The summed E-state index contributed by atoms with van der Waals surface area (Å²) >= 11 is 0. The minimum Gasteiger partial charge on any atom is -0.497 e. The third-order valence-electron chi connectivity index (χ3n) is 6.96. The minimum absolute atomic E-state index is 0.132. The smallest absolute Gasteiger partial charge is 0.302 e. The van der Waals surface area contributed by atoms with Crippen molar-refractivity contribution >= 4 is 25.6 Å². The third kappa shape index (κ3) is 8.34. The van der Waals surface area contributed by atoms with Crippen LogP contribution in [-0.4, -0.2) is 46.7 Å². The fraction of sp³-hybridized carbons (Fsp3) is 0.265. The summed E-state index contributed by atoms with van der Waals surface area (Å²) in [6, 6.07) is 22.3. The maximum Gasteiger partial charge on any atom is 0.302 e. The Morgan fingerprint density at radius 2 is 1.41 bits per heavy atom. The van der Waals surface area contributed by atoms with Crippen LogP contribution >= 0.6 is 0 Å². The van der Waals surface area contributed by atoms with Gasteiger partial charge in [0.05, 0.1) is 29.6 Å². The number of allylic oxidation sites excluding steroid dienone is 1. The number of hydrogen-bond donors (Lipinski definition) is 0. The summed E-state index contributed by atoms with van der Waals surface area (Å²) in [5.74, 6) is 0.188. The molecule has 0 fully saturated rings. The second kappa shape index (κ2) is 15.7. The van der Waals surface area contributed by atoms with E-state index in [0.717, 1.165) is 5.56 Å². The van der Waals surface area contributed by atoms with Crippen LogP contribution in [0.25, 0.3) is 0 Å². The molecule has 0 aromatic heterocycles. The number of rotatable bonds is 17. The molecule has 3 aromatic carbocycles. The number of ether oxygens (including phenoxy) is 3. The highest BCUT2D eigenvalue weighted by molar-refractivity contribution is 8.10. The molecule has 0 N–H and O–H groups in total. The van der Waals surface area contributed by atoms with Gasteiger partial charge in [0.15, 0.2) is 23.8 Å². The number of benzene rings is 3. The van der Waals surface area contributed by atoms with Gasteiger partial charge in [-0.05, 0) is 48.4 Å². The average Bonchev–Trinajstić information content (AvgIpc) is 3.03. The van der Waals surface area contributed by atoms with E-state index in [2.05, 4.69) is 13.2 Å². The molecule has 0 saturated heterocycles. The summed E-state index contributed by atoms with van der Waals surface area (Å²) in [7, 11) is -7.54. The highest BCUT2D eigenvalue weighted by Gasteiger charge is 2.55. The number of carbonyl (C=O) groups is 1. The quantitative estimate of drug-likeness (QED) is 0.126. The second-order valence-corrected chi connectivity index (χ2v) is 14.9. The molecule has 0 saturated carbocycles. The highest BCUT2D eigenvalue weighted by atomic mass is 32.3. The zero-order chi connectivity index (χ0) is 32.2. The molecule has 3 aromatic rings. The molecular weight excluding hydrogens is 601 g/mol. The first-order chi connectivity index (χ1) is 21.0. The van der Waals surface area contributed by atoms with Crippen LogP contribution in [-0.2, 0) is 40.5 Å². The van der Waals surface area contributed by atoms with Crippen LogP contribution in [0.1, 0.15) is 31.7 Å². The molecular formula is C34H38O8S2. The average molecular weight is 639 g/mol. The maximum atomic E-state index is 14.5. The second-order valence-electron chi connectivity index (χ2n) is 10.1. The van der Waals surface area contributed by atoms with E-state index >= 15 is 0 Å². The monoisotopic (exact) mass is 638 g/mol. The van der Waals surface area contributed by atoms with Crippen LogP contribution < -0.4 is 4.74 Å². The first kappa shape index (κ1) is 34.5. The Balaban J connectivity index is 2.03. The van der Waals surface area contributed by atoms with Gasteiger partial charge in [-0.2, -0.15) is 0 Å². The van der Waals surface area contributed by atoms with E-state index in [4.69, 9.17) is 14.2 Å². The number of sulfone groups is 2. The standard InChI is InChI=1S/C34H38O8S2/c1-5-30(42-26-29-18-20-31(40-4)21-19-29)24-27(2)25-34(22-12-13-23-41-28(3)35,43(36,37)32-14-8-6-9-15-32)44(38,39)33-16-10-7-11-17-33/h5-21,30H,1-2,22-26H2,3-4H3/b13-12+. The number of hydrogen-bond acceptors (Lipinski definition) is 8. The zero-order valence-corrected chi connectivity index (χ0v) is 26.6. The lowest BCUT2D eigenvalue weighted by Crippen LogP contribution is -2.46. The molecule has 234 valence electrons. The summed E-state index contributed by atoms with van der Waals surface area (Å²) in [6.45, 7) is 9.32. The fourth-order valence-corrected chi connectivity index (χ4v) is 9.67. The Kier molecular flexibility index (Phi) is 12.3. The van der Waals surface area contributed by atoms with Crippen molar-refractivity contribution < 1.29 is 35.8 Å². The van der Waals surface area contributed by atoms with Gasteiger partial charge in [-0.3, -0.25) is 4.79 Å².